The third-order valence-corrected chi connectivity index (χ3v) is 4.91. The van der Waals surface area contributed by atoms with Gasteiger partial charge in [0.15, 0.2) is 0 Å². The molecule has 0 bridgehead atoms. The molecule has 0 fully saturated rings. The Morgan fingerprint density at radius 2 is 2.24 bits per heavy atom. The van der Waals surface area contributed by atoms with Crippen molar-refractivity contribution in [3.05, 3.63) is 34.3 Å². The standard InChI is InChI=1S/C17H28BrNOS/c1-3-21-11-5-7-16(14-19-9-10-20-2)12-15-6-4-8-17(18)13-15/h4,6,8,13,16,19H,3,5,7,9-12,14H2,1-2H3. The van der Waals surface area contributed by atoms with Crippen LogP contribution in [-0.2, 0) is 11.2 Å². The summed E-state index contributed by atoms with van der Waals surface area (Å²) in [5.41, 5.74) is 1.42. The molecule has 0 aliphatic carbocycles. The Balaban J connectivity index is 2.41. The fourth-order valence-electron chi connectivity index (χ4n) is 2.37. The third kappa shape index (κ3) is 9.56. The fraction of sp³-hybridized carbons (Fsp3) is 0.647. The van der Waals surface area contributed by atoms with Crippen molar-refractivity contribution in [2.75, 3.05) is 38.3 Å². The zero-order valence-electron chi connectivity index (χ0n) is 13.2. The van der Waals surface area contributed by atoms with Crippen LogP contribution in [-0.4, -0.2) is 38.3 Å². The van der Waals surface area contributed by atoms with E-state index >= 15 is 0 Å². The summed E-state index contributed by atoms with van der Waals surface area (Å²) in [5, 5.41) is 3.52. The van der Waals surface area contributed by atoms with Gasteiger partial charge in [0.2, 0.25) is 0 Å². The average molecular weight is 374 g/mol. The quantitative estimate of drug-likeness (QED) is 0.549. The molecular formula is C17H28BrNOS. The molecule has 0 radical (unpaired) electrons. The Bertz CT molecular complexity index is 364. The van der Waals surface area contributed by atoms with Gasteiger partial charge in [0.1, 0.15) is 0 Å². The predicted molar refractivity (Wildman–Crippen MR) is 98.3 cm³/mol. The summed E-state index contributed by atoms with van der Waals surface area (Å²) in [4.78, 5) is 0. The van der Waals surface area contributed by atoms with Crippen LogP contribution in [0.2, 0.25) is 0 Å². The number of hydrogen-bond donors (Lipinski definition) is 1. The molecule has 4 heteroatoms. The molecule has 0 aliphatic heterocycles. The van der Waals surface area contributed by atoms with Crippen molar-refractivity contribution in [2.45, 2.75) is 26.2 Å². The number of methoxy groups -OCH3 is 1. The lowest BCUT2D eigenvalue weighted by atomic mass is 9.95. The highest BCUT2D eigenvalue weighted by molar-refractivity contribution is 9.10. The maximum absolute atomic E-state index is 5.10. The van der Waals surface area contributed by atoms with E-state index in [1.54, 1.807) is 7.11 Å². The third-order valence-electron chi connectivity index (χ3n) is 3.43. The molecule has 120 valence electrons. The summed E-state index contributed by atoms with van der Waals surface area (Å²) >= 11 is 5.61. The van der Waals surface area contributed by atoms with Gasteiger partial charge in [0.05, 0.1) is 6.61 Å². The normalized spacial score (nSPS) is 12.5. The van der Waals surface area contributed by atoms with Gasteiger partial charge in [-0.25, -0.2) is 0 Å². The van der Waals surface area contributed by atoms with Crippen LogP contribution in [0.25, 0.3) is 0 Å². The van der Waals surface area contributed by atoms with Gasteiger partial charge < -0.3 is 10.1 Å². The minimum Gasteiger partial charge on any atom is -0.383 e. The van der Waals surface area contributed by atoms with Crippen molar-refractivity contribution >= 4 is 27.7 Å². The van der Waals surface area contributed by atoms with Gasteiger partial charge in [-0.3, -0.25) is 0 Å². The largest absolute Gasteiger partial charge is 0.383 e. The zero-order chi connectivity index (χ0) is 15.3. The summed E-state index contributed by atoms with van der Waals surface area (Å²) in [7, 11) is 1.75. The second kappa shape index (κ2) is 12.5. The van der Waals surface area contributed by atoms with Crippen molar-refractivity contribution < 1.29 is 4.74 Å². The number of benzene rings is 1. The number of rotatable bonds is 12. The summed E-state index contributed by atoms with van der Waals surface area (Å²) in [5.74, 6) is 3.21. The van der Waals surface area contributed by atoms with E-state index in [4.69, 9.17) is 4.74 Å². The monoisotopic (exact) mass is 373 g/mol. The first-order chi connectivity index (χ1) is 10.3. The van der Waals surface area contributed by atoms with E-state index in [-0.39, 0.29) is 0 Å². The Hall–Kier alpha value is -0.0300. The van der Waals surface area contributed by atoms with E-state index in [0.717, 1.165) is 26.1 Å². The van der Waals surface area contributed by atoms with Crippen molar-refractivity contribution in [1.82, 2.24) is 5.32 Å². The molecule has 0 heterocycles. The minimum atomic E-state index is 0.702. The Kier molecular flexibility index (Phi) is 11.3. The van der Waals surface area contributed by atoms with E-state index in [1.165, 1.54) is 34.4 Å². The smallest absolute Gasteiger partial charge is 0.0587 e. The lowest BCUT2D eigenvalue weighted by Gasteiger charge is -2.18. The van der Waals surface area contributed by atoms with E-state index in [9.17, 15) is 0 Å². The molecule has 0 spiro atoms. The number of thioether (sulfide) groups is 1. The Morgan fingerprint density at radius 3 is 2.95 bits per heavy atom. The van der Waals surface area contributed by atoms with Gasteiger partial charge in [-0.2, -0.15) is 11.8 Å². The summed E-state index contributed by atoms with van der Waals surface area (Å²) in [6.45, 7) is 5.03. The molecule has 0 aromatic heterocycles. The van der Waals surface area contributed by atoms with Crippen molar-refractivity contribution in [1.29, 1.82) is 0 Å². The maximum Gasteiger partial charge on any atom is 0.0587 e. The van der Waals surface area contributed by atoms with E-state index in [2.05, 4.69) is 52.4 Å². The Morgan fingerprint density at radius 1 is 1.38 bits per heavy atom. The number of ether oxygens (including phenoxy) is 1. The highest BCUT2D eigenvalue weighted by atomic mass is 79.9. The molecule has 0 amide bonds. The molecule has 1 atom stereocenters. The van der Waals surface area contributed by atoms with E-state index in [0.29, 0.717) is 5.92 Å². The zero-order valence-corrected chi connectivity index (χ0v) is 15.6. The summed E-state index contributed by atoms with van der Waals surface area (Å²) in [6.07, 6.45) is 3.75. The maximum atomic E-state index is 5.10. The number of hydrogen-bond acceptors (Lipinski definition) is 3. The van der Waals surface area contributed by atoms with Crippen LogP contribution in [0.4, 0.5) is 0 Å². The van der Waals surface area contributed by atoms with Crippen LogP contribution in [0.1, 0.15) is 25.3 Å². The number of nitrogens with one attached hydrogen (secondary N) is 1. The van der Waals surface area contributed by atoms with Crippen molar-refractivity contribution in [3.63, 3.8) is 0 Å². The van der Waals surface area contributed by atoms with Gasteiger partial charge in [0.25, 0.3) is 0 Å². The molecule has 1 rings (SSSR count). The molecule has 0 saturated carbocycles. The highest BCUT2D eigenvalue weighted by Gasteiger charge is 2.10. The fourth-order valence-corrected chi connectivity index (χ4v) is 3.48. The molecule has 1 aromatic carbocycles. The van der Waals surface area contributed by atoms with Crippen LogP contribution < -0.4 is 5.32 Å². The van der Waals surface area contributed by atoms with Crippen molar-refractivity contribution in [3.8, 4) is 0 Å². The summed E-state index contributed by atoms with van der Waals surface area (Å²) < 4.78 is 6.27. The number of halogens is 1. The SMILES string of the molecule is CCSCCCC(CNCCOC)Cc1cccc(Br)c1. The second-order valence-corrected chi connectivity index (χ2v) is 7.55. The molecule has 0 saturated heterocycles. The Labute approximate surface area is 142 Å². The molecule has 1 N–H and O–H groups in total. The van der Waals surface area contributed by atoms with Gasteiger partial charge in [-0.05, 0) is 60.9 Å². The van der Waals surface area contributed by atoms with E-state index < -0.39 is 0 Å². The van der Waals surface area contributed by atoms with Crippen LogP contribution in [0.5, 0.6) is 0 Å². The molecular weight excluding hydrogens is 346 g/mol. The van der Waals surface area contributed by atoms with Crippen LogP contribution >= 0.6 is 27.7 Å². The molecule has 1 aromatic rings. The first kappa shape index (κ1) is 19.0. The lowest BCUT2D eigenvalue weighted by Crippen LogP contribution is -2.27. The first-order valence-corrected chi connectivity index (χ1v) is 9.72. The molecule has 0 aliphatic rings. The van der Waals surface area contributed by atoms with Gasteiger partial charge >= 0.3 is 0 Å². The highest BCUT2D eigenvalue weighted by Crippen LogP contribution is 2.18. The van der Waals surface area contributed by atoms with Crippen molar-refractivity contribution in [2.24, 2.45) is 5.92 Å². The minimum absolute atomic E-state index is 0.702. The summed E-state index contributed by atoms with van der Waals surface area (Å²) in [6, 6.07) is 8.69. The van der Waals surface area contributed by atoms with Gasteiger partial charge in [-0.15, -0.1) is 0 Å². The van der Waals surface area contributed by atoms with Crippen LogP contribution in [0.3, 0.4) is 0 Å². The second-order valence-electron chi connectivity index (χ2n) is 5.24. The molecule has 2 nitrogen and oxygen atoms in total. The lowest BCUT2D eigenvalue weighted by molar-refractivity contribution is 0.197. The molecule has 21 heavy (non-hydrogen) atoms. The van der Waals surface area contributed by atoms with Gasteiger partial charge in [-0.1, -0.05) is 35.0 Å². The van der Waals surface area contributed by atoms with Crippen LogP contribution in [0, 0.1) is 5.92 Å². The van der Waals surface area contributed by atoms with Crippen LogP contribution in [0.15, 0.2) is 28.7 Å². The first-order valence-electron chi connectivity index (χ1n) is 7.78. The predicted octanol–water partition coefficient (Wildman–Crippen LogP) is 4.38. The van der Waals surface area contributed by atoms with E-state index in [1.807, 2.05) is 11.8 Å². The topological polar surface area (TPSA) is 21.3 Å². The average Bonchev–Trinajstić information content (AvgIpc) is 2.48. The molecule has 1 unspecified atom stereocenters. The van der Waals surface area contributed by atoms with Gasteiger partial charge in [0, 0.05) is 18.1 Å².